The first-order valence-corrected chi connectivity index (χ1v) is 12.3. The molecule has 0 saturated carbocycles. The van der Waals surface area contributed by atoms with Crippen LogP contribution < -0.4 is 9.64 Å². The Balaban J connectivity index is 1.69. The zero-order valence-electron chi connectivity index (χ0n) is 20.0. The number of hydrogen-bond acceptors (Lipinski definition) is 7. The summed E-state index contributed by atoms with van der Waals surface area (Å²) < 4.78 is 6.37. The van der Waals surface area contributed by atoms with Crippen LogP contribution in [0.25, 0.3) is 16.0 Å². The quantitative estimate of drug-likeness (QED) is 0.209. The third-order valence-corrected chi connectivity index (χ3v) is 7.12. The molecule has 1 amide bonds. The summed E-state index contributed by atoms with van der Waals surface area (Å²) >= 11 is 1.32. The van der Waals surface area contributed by atoms with E-state index in [0.717, 1.165) is 21.3 Å². The number of anilines is 1. The van der Waals surface area contributed by atoms with Gasteiger partial charge in [0.25, 0.3) is 5.78 Å². The minimum absolute atomic E-state index is 0.0398. The Labute approximate surface area is 211 Å². The third-order valence-electron chi connectivity index (χ3n) is 6.12. The number of aliphatic hydroxyl groups excluding tert-OH is 1. The van der Waals surface area contributed by atoms with Crippen molar-refractivity contribution >= 4 is 44.1 Å². The van der Waals surface area contributed by atoms with Crippen molar-refractivity contribution in [2.45, 2.75) is 26.8 Å². The molecule has 0 aliphatic carbocycles. The first-order chi connectivity index (χ1) is 17.3. The zero-order valence-corrected chi connectivity index (χ0v) is 20.8. The number of thiazole rings is 1. The molecule has 7 nitrogen and oxygen atoms in total. The number of phenols is 1. The maximum absolute atomic E-state index is 13.4. The molecule has 5 rings (SSSR count). The molecule has 0 bridgehead atoms. The van der Waals surface area contributed by atoms with Crippen molar-refractivity contribution in [2.75, 3.05) is 11.5 Å². The Kier molecular flexibility index (Phi) is 5.97. The van der Waals surface area contributed by atoms with Gasteiger partial charge in [-0.15, -0.1) is 0 Å². The Morgan fingerprint density at radius 2 is 1.75 bits per heavy atom. The molecule has 36 heavy (non-hydrogen) atoms. The fraction of sp³-hybridized carbons (Fsp3) is 0.179. The number of aryl methyl sites for hydroxylation is 2. The smallest absolute Gasteiger partial charge is 0.301 e. The molecule has 1 aliphatic heterocycles. The van der Waals surface area contributed by atoms with Crippen molar-refractivity contribution in [2.24, 2.45) is 0 Å². The topological polar surface area (TPSA) is 100.0 Å². The molecule has 8 heteroatoms. The van der Waals surface area contributed by atoms with E-state index in [0.29, 0.717) is 28.6 Å². The Bertz CT molecular complexity index is 1520. The number of Topliss-reactive ketones (excluding diaryl/α,β-unsaturated/α-hetero) is 1. The number of fused-ring (bicyclic) bond motifs is 1. The second kappa shape index (κ2) is 9.13. The van der Waals surface area contributed by atoms with E-state index in [1.807, 2.05) is 32.9 Å². The molecule has 1 aliphatic rings. The number of aromatic hydroxyl groups is 1. The highest BCUT2D eigenvalue weighted by atomic mass is 32.1. The Morgan fingerprint density at radius 3 is 2.42 bits per heavy atom. The van der Waals surface area contributed by atoms with Crippen molar-refractivity contribution in [1.82, 2.24) is 4.98 Å². The van der Waals surface area contributed by atoms with Crippen LogP contribution >= 0.6 is 11.3 Å². The van der Waals surface area contributed by atoms with E-state index in [4.69, 9.17) is 9.72 Å². The standard InChI is InChI=1S/C28H24N2O5S/c1-4-35-20-11-7-18(8-12-20)25(32)22-24(17-5-9-19(31)10-6-17)30(27(34)26(22)33)28-29-23-16(3)13-15(2)14-21(23)36-28/h5-14,24,31-32H,4H2,1-3H3. The molecular formula is C28H24N2O5S. The van der Waals surface area contributed by atoms with Gasteiger partial charge in [-0.25, -0.2) is 4.98 Å². The van der Waals surface area contributed by atoms with E-state index >= 15 is 0 Å². The summed E-state index contributed by atoms with van der Waals surface area (Å²) in [5, 5.41) is 21.5. The molecule has 182 valence electrons. The molecule has 4 aromatic rings. The van der Waals surface area contributed by atoms with Crippen LogP contribution in [0, 0.1) is 13.8 Å². The van der Waals surface area contributed by atoms with E-state index in [1.54, 1.807) is 36.4 Å². The van der Waals surface area contributed by atoms with Crippen molar-refractivity contribution in [3.63, 3.8) is 0 Å². The van der Waals surface area contributed by atoms with E-state index < -0.39 is 17.7 Å². The number of amides is 1. The van der Waals surface area contributed by atoms with Gasteiger partial charge in [0.15, 0.2) is 5.13 Å². The molecule has 0 spiro atoms. The fourth-order valence-electron chi connectivity index (χ4n) is 4.49. The summed E-state index contributed by atoms with van der Waals surface area (Å²) in [6.45, 7) is 6.32. The van der Waals surface area contributed by atoms with Gasteiger partial charge in [-0.05, 0) is 79.9 Å². The zero-order chi connectivity index (χ0) is 25.6. The monoisotopic (exact) mass is 500 g/mol. The largest absolute Gasteiger partial charge is 0.508 e. The molecule has 2 heterocycles. The minimum Gasteiger partial charge on any atom is -0.508 e. The van der Waals surface area contributed by atoms with Gasteiger partial charge in [0.2, 0.25) is 0 Å². The van der Waals surface area contributed by atoms with Crippen molar-refractivity contribution in [3.8, 4) is 11.5 Å². The molecular weight excluding hydrogens is 476 g/mol. The van der Waals surface area contributed by atoms with E-state index in [1.165, 1.54) is 28.4 Å². The summed E-state index contributed by atoms with van der Waals surface area (Å²) in [5.74, 6) is -1.18. The number of ketones is 1. The fourth-order valence-corrected chi connectivity index (χ4v) is 5.66. The number of benzene rings is 3. The first kappa shape index (κ1) is 23.6. The SMILES string of the molecule is CCOc1ccc(C(O)=C2C(=O)C(=O)N(c3nc4c(C)cc(C)cc4s3)C2c2ccc(O)cc2)cc1. The number of nitrogens with zero attached hydrogens (tertiary/aromatic N) is 2. The number of ether oxygens (including phenoxy) is 1. The van der Waals surface area contributed by atoms with E-state index in [-0.39, 0.29) is 17.1 Å². The van der Waals surface area contributed by atoms with Gasteiger partial charge in [0.05, 0.1) is 28.4 Å². The van der Waals surface area contributed by atoms with Gasteiger partial charge in [-0.3, -0.25) is 14.5 Å². The van der Waals surface area contributed by atoms with Gasteiger partial charge >= 0.3 is 5.91 Å². The number of carbonyl (C=O) groups is 2. The van der Waals surface area contributed by atoms with Gasteiger partial charge in [0, 0.05) is 5.56 Å². The number of phenolic OH excluding ortho intramolecular Hbond substituents is 1. The average molecular weight is 501 g/mol. The lowest BCUT2D eigenvalue weighted by Gasteiger charge is -2.23. The maximum atomic E-state index is 13.4. The van der Waals surface area contributed by atoms with Crippen LogP contribution in [0.4, 0.5) is 5.13 Å². The summed E-state index contributed by atoms with van der Waals surface area (Å²) in [4.78, 5) is 32.8. The predicted molar refractivity (Wildman–Crippen MR) is 140 cm³/mol. The number of carbonyl (C=O) groups excluding carboxylic acids is 2. The number of hydrogen-bond donors (Lipinski definition) is 2. The highest BCUT2D eigenvalue weighted by Crippen LogP contribution is 2.45. The van der Waals surface area contributed by atoms with Gasteiger partial charge in [0.1, 0.15) is 17.3 Å². The highest BCUT2D eigenvalue weighted by Gasteiger charge is 2.48. The Hall–Kier alpha value is -4.17. The van der Waals surface area contributed by atoms with Crippen LogP contribution in [0.5, 0.6) is 11.5 Å². The molecule has 3 aromatic carbocycles. The highest BCUT2D eigenvalue weighted by molar-refractivity contribution is 7.22. The molecule has 1 atom stereocenters. The van der Waals surface area contributed by atoms with Crippen molar-refractivity contribution < 1.29 is 24.5 Å². The summed E-state index contributed by atoms with van der Waals surface area (Å²) in [5.41, 5.74) is 3.71. The number of aromatic nitrogens is 1. The first-order valence-electron chi connectivity index (χ1n) is 11.5. The lowest BCUT2D eigenvalue weighted by molar-refractivity contribution is -0.132. The Morgan fingerprint density at radius 1 is 1.06 bits per heavy atom. The normalized spacial score (nSPS) is 17.2. The lowest BCUT2D eigenvalue weighted by Crippen LogP contribution is -2.29. The van der Waals surface area contributed by atoms with Crippen LogP contribution in [0.15, 0.2) is 66.2 Å². The van der Waals surface area contributed by atoms with Gasteiger partial charge < -0.3 is 14.9 Å². The number of rotatable bonds is 5. The van der Waals surface area contributed by atoms with Gasteiger partial charge in [-0.1, -0.05) is 29.5 Å². The molecule has 1 aromatic heterocycles. The van der Waals surface area contributed by atoms with Crippen molar-refractivity contribution in [3.05, 3.63) is 88.5 Å². The van der Waals surface area contributed by atoms with Crippen LogP contribution in [0.2, 0.25) is 0 Å². The average Bonchev–Trinajstić information content (AvgIpc) is 3.38. The lowest BCUT2D eigenvalue weighted by atomic mass is 9.95. The van der Waals surface area contributed by atoms with Gasteiger partial charge in [-0.2, -0.15) is 0 Å². The minimum atomic E-state index is -0.917. The molecule has 0 radical (unpaired) electrons. The molecule has 1 unspecified atom stereocenters. The third kappa shape index (κ3) is 3.99. The number of aliphatic hydroxyl groups is 1. The van der Waals surface area contributed by atoms with Crippen molar-refractivity contribution in [1.29, 1.82) is 0 Å². The van der Waals surface area contributed by atoms with Crippen LogP contribution in [-0.2, 0) is 9.59 Å². The predicted octanol–water partition coefficient (Wildman–Crippen LogP) is 5.64. The van der Waals surface area contributed by atoms with Crippen LogP contribution in [-0.4, -0.2) is 33.5 Å². The van der Waals surface area contributed by atoms with Crippen LogP contribution in [0.1, 0.15) is 35.2 Å². The summed E-state index contributed by atoms with van der Waals surface area (Å²) in [7, 11) is 0. The summed E-state index contributed by atoms with van der Waals surface area (Å²) in [6.07, 6.45) is 0. The summed E-state index contributed by atoms with van der Waals surface area (Å²) in [6, 6.07) is 16.0. The second-order valence-corrected chi connectivity index (χ2v) is 9.65. The van der Waals surface area contributed by atoms with E-state index in [2.05, 4.69) is 0 Å². The maximum Gasteiger partial charge on any atom is 0.301 e. The molecule has 1 saturated heterocycles. The second-order valence-electron chi connectivity index (χ2n) is 8.64. The molecule has 1 fully saturated rings. The van der Waals surface area contributed by atoms with Crippen LogP contribution in [0.3, 0.4) is 0 Å². The molecule has 2 N–H and O–H groups in total. The van der Waals surface area contributed by atoms with E-state index in [9.17, 15) is 19.8 Å².